The van der Waals surface area contributed by atoms with Crippen LogP contribution in [0.4, 0.5) is 0 Å². The van der Waals surface area contributed by atoms with Crippen LogP contribution in [-0.2, 0) is 4.74 Å². The van der Waals surface area contributed by atoms with Gasteiger partial charge >= 0.3 is 0 Å². The van der Waals surface area contributed by atoms with E-state index in [4.69, 9.17) is 4.74 Å². The molecule has 2 aliphatic rings. The topological polar surface area (TPSA) is 39.2 Å². The Hall–Kier alpha value is -0.200. The van der Waals surface area contributed by atoms with Crippen LogP contribution in [0, 0.1) is 0 Å². The van der Waals surface area contributed by atoms with Crippen LogP contribution >= 0.6 is 0 Å². The SMILES string of the molecule is CC(O)N1CCN(CCN2CCOCC2)CC1. The first-order chi connectivity index (χ1) is 8.25. The summed E-state index contributed by atoms with van der Waals surface area (Å²) in [6.45, 7) is 12.2. The standard InChI is InChI=1S/C12H25N3O2/c1-12(16)15-6-4-13(5-7-15)2-3-14-8-10-17-11-9-14/h12,16H,2-11H2,1H3. The number of hydrogen-bond acceptors (Lipinski definition) is 5. The third-order valence-corrected chi connectivity index (χ3v) is 3.77. The molecular weight excluding hydrogens is 218 g/mol. The molecule has 100 valence electrons. The van der Waals surface area contributed by atoms with E-state index in [2.05, 4.69) is 14.7 Å². The molecule has 17 heavy (non-hydrogen) atoms. The number of aliphatic hydroxyl groups is 1. The molecule has 0 aliphatic carbocycles. The Labute approximate surface area is 104 Å². The zero-order valence-electron chi connectivity index (χ0n) is 10.8. The highest BCUT2D eigenvalue weighted by molar-refractivity contribution is 4.74. The van der Waals surface area contributed by atoms with Crippen molar-refractivity contribution in [2.75, 3.05) is 65.6 Å². The molecule has 1 atom stereocenters. The number of ether oxygens (including phenoxy) is 1. The minimum atomic E-state index is -0.295. The molecule has 0 spiro atoms. The van der Waals surface area contributed by atoms with Crippen molar-refractivity contribution in [3.63, 3.8) is 0 Å². The number of aliphatic hydroxyl groups excluding tert-OH is 1. The van der Waals surface area contributed by atoms with E-state index in [0.29, 0.717) is 0 Å². The van der Waals surface area contributed by atoms with Gasteiger partial charge in [-0.05, 0) is 6.92 Å². The third-order valence-electron chi connectivity index (χ3n) is 3.77. The summed E-state index contributed by atoms with van der Waals surface area (Å²) in [6.07, 6.45) is -0.295. The van der Waals surface area contributed by atoms with Gasteiger partial charge in [-0.3, -0.25) is 14.7 Å². The lowest BCUT2D eigenvalue weighted by Crippen LogP contribution is -2.51. The van der Waals surface area contributed by atoms with Gasteiger partial charge in [-0.15, -0.1) is 0 Å². The molecule has 0 amide bonds. The molecule has 0 aromatic carbocycles. The molecule has 2 heterocycles. The van der Waals surface area contributed by atoms with Crippen LogP contribution in [0.3, 0.4) is 0 Å². The first-order valence-corrected chi connectivity index (χ1v) is 6.70. The zero-order chi connectivity index (χ0) is 12.1. The Morgan fingerprint density at radius 2 is 1.47 bits per heavy atom. The number of hydrogen-bond donors (Lipinski definition) is 1. The van der Waals surface area contributed by atoms with Crippen molar-refractivity contribution in [2.24, 2.45) is 0 Å². The van der Waals surface area contributed by atoms with Crippen molar-refractivity contribution < 1.29 is 9.84 Å². The normalized spacial score (nSPS) is 27.2. The van der Waals surface area contributed by atoms with E-state index < -0.39 is 0 Å². The van der Waals surface area contributed by atoms with Crippen molar-refractivity contribution >= 4 is 0 Å². The number of rotatable bonds is 4. The van der Waals surface area contributed by atoms with Gasteiger partial charge in [0.25, 0.3) is 0 Å². The van der Waals surface area contributed by atoms with E-state index in [1.165, 1.54) is 0 Å². The summed E-state index contributed by atoms with van der Waals surface area (Å²) in [6, 6.07) is 0. The smallest absolute Gasteiger partial charge is 0.104 e. The Morgan fingerprint density at radius 3 is 2.00 bits per heavy atom. The van der Waals surface area contributed by atoms with Crippen LogP contribution in [0.25, 0.3) is 0 Å². The van der Waals surface area contributed by atoms with Gasteiger partial charge in [-0.1, -0.05) is 0 Å². The lowest BCUT2D eigenvalue weighted by atomic mass is 10.3. The van der Waals surface area contributed by atoms with Crippen LogP contribution in [-0.4, -0.2) is 91.6 Å². The highest BCUT2D eigenvalue weighted by Crippen LogP contribution is 2.05. The molecule has 0 aromatic heterocycles. The Balaban J connectivity index is 1.61. The predicted molar refractivity (Wildman–Crippen MR) is 67.0 cm³/mol. The monoisotopic (exact) mass is 243 g/mol. The van der Waals surface area contributed by atoms with E-state index in [1.54, 1.807) is 0 Å². The van der Waals surface area contributed by atoms with Crippen molar-refractivity contribution in [2.45, 2.75) is 13.2 Å². The van der Waals surface area contributed by atoms with E-state index in [1.807, 2.05) is 6.92 Å². The predicted octanol–water partition coefficient (Wildman–Crippen LogP) is -0.725. The van der Waals surface area contributed by atoms with Gasteiger partial charge in [0.1, 0.15) is 6.23 Å². The number of nitrogens with zero attached hydrogens (tertiary/aromatic N) is 3. The second-order valence-electron chi connectivity index (χ2n) is 4.96. The Kier molecular flexibility index (Phi) is 5.18. The quantitative estimate of drug-likeness (QED) is 0.705. The summed E-state index contributed by atoms with van der Waals surface area (Å²) in [5.41, 5.74) is 0. The highest BCUT2D eigenvalue weighted by Gasteiger charge is 2.20. The molecule has 2 saturated heterocycles. The molecule has 0 bridgehead atoms. The van der Waals surface area contributed by atoms with E-state index in [9.17, 15) is 5.11 Å². The van der Waals surface area contributed by atoms with Crippen molar-refractivity contribution in [3.05, 3.63) is 0 Å². The van der Waals surface area contributed by atoms with Gasteiger partial charge in [0, 0.05) is 52.4 Å². The van der Waals surface area contributed by atoms with E-state index >= 15 is 0 Å². The van der Waals surface area contributed by atoms with Crippen LogP contribution in [0.1, 0.15) is 6.92 Å². The fraction of sp³-hybridized carbons (Fsp3) is 1.00. The maximum Gasteiger partial charge on any atom is 0.104 e. The molecule has 0 radical (unpaired) electrons. The Morgan fingerprint density at radius 1 is 0.941 bits per heavy atom. The van der Waals surface area contributed by atoms with Crippen LogP contribution in [0.15, 0.2) is 0 Å². The lowest BCUT2D eigenvalue weighted by molar-refractivity contribution is -0.0168. The average molecular weight is 243 g/mol. The Bertz CT molecular complexity index is 212. The molecule has 0 aromatic rings. The van der Waals surface area contributed by atoms with Gasteiger partial charge in [0.2, 0.25) is 0 Å². The lowest BCUT2D eigenvalue weighted by Gasteiger charge is -2.37. The van der Waals surface area contributed by atoms with Crippen LogP contribution in [0.5, 0.6) is 0 Å². The summed E-state index contributed by atoms with van der Waals surface area (Å²) in [5.74, 6) is 0. The molecule has 5 nitrogen and oxygen atoms in total. The molecular formula is C12H25N3O2. The molecule has 1 unspecified atom stereocenters. The highest BCUT2D eigenvalue weighted by atomic mass is 16.5. The average Bonchev–Trinajstić information content (AvgIpc) is 2.38. The molecule has 2 rings (SSSR count). The largest absolute Gasteiger partial charge is 0.379 e. The zero-order valence-corrected chi connectivity index (χ0v) is 10.8. The van der Waals surface area contributed by atoms with Gasteiger partial charge in [0.15, 0.2) is 0 Å². The van der Waals surface area contributed by atoms with Gasteiger partial charge < -0.3 is 9.84 Å². The van der Waals surface area contributed by atoms with Crippen molar-refractivity contribution in [3.8, 4) is 0 Å². The molecule has 5 heteroatoms. The second-order valence-corrected chi connectivity index (χ2v) is 4.96. The summed E-state index contributed by atoms with van der Waals surface area (Å²) in [5, 5.41) is 9.48. The minimum Gasteiger partial charge on any atom is -0.379 e. The van der Waals surface area contributed by atoms with Crippen molar-refractivity contribution in [1.29, 1.82) is 0 Å². The van der Waals surface area contributed by atoms with E-state index in [0.717, 1.165) is 65.6 Å². The van der Waals surface area contributed by atoms with Crippen molar-refractivity contribution in [1.82, 2.24) is 14.7 Å². The molecule has 2 aliphatic heterocycles. The molecule has 1 N–H and O–H groups in total. The van der Waals surface area contributed by atoms with Gasteiger partial charge in [-0.25, -0.2) is 0 Å². The maximum atomic E-state index is 9.48. The van der Waals surface area contributed by atoms with Gasteiger partial charge in [0.05, 0.1) is 13.2 Å². The summed E-state index contributed by atoms with van der Waals surface area (Å²) in [7, 11) is 0. The fourth-order valence-electron chi connectivity index (χ4n) is 2.47. The second kappa shape index (κ2) is 6.66. The van der Waals surface area contributed by atoms with Gasteiger partial charge in [-0.2, -0.15) is 0 Å². The molecule has 2 fully saturated rings. The number of morpholine rings is 1. The van der Waals surface area contributed by atoms with Crippen LogP contribution < -0.4 is 0 Å². The maximum absolute atomic E-state index is 9.48. The first-order valence-electron chi connectivity index (χ1n) is 6.70. The number of piperazine rings is 1. The third kappa shape index (κ3) is 4.19. The summed E-state index contributed by atoms with van der Waals surface area (Å²) < 4.78 is 5.34. The molecule has 0 saturated carbocycles. The summed E-state index contributed by atoms with van der Waals surface area (Å²) >= 11 is 0. The van der Waals surface area contributed by atoms with E-state index in [-0.39, 0.29) is 6.23 Å². The minimum absolute atomic E-state index is 0.295. The summed E-state index contributed by atoms with van der Waals surface area (Å²) in [4.78, 5) is 7.10. The van der Waals surface area contributed by atoms with Crippen LogP contribution in [0.2, 0.25) is 0 Å². The fourth-order valence-corrected chi connectivity index (χ4v) is 2.47. The first kappa shape index (κ1) is 13.2.